The molecule has 0 aliphatic carbocycles. The van der Waals surface area contributed by atoms with E-state index in [1.54, 1.807) is 6.20 Å². The molecular formula is C15H20Br2ClN3O. The van der Waals surface area contributed by atoms with Gasteiger partial charge in [-0.15, -0.1) is 12.4 Å². The molecule has 1 heterocycles. The lowest BCUT2D eigenvalue weighted by atomic mass is 10.2. The van der Waals surface area contributed by atoms with E-state index in [0.29, 0.717) is 6.61 Å². The Morgan fingerprint density at radius 3 is 2.82 bits per heavy atom. The highest BCUT2D eigenvalue weighted by molar-refractivity contribution is 9.11. The number of ether oxygens (including phenoxy) is 1. The molecule has 1 aromatic carbocycles. The van der Waals surface area contributed by atoms with Gasteiger partial charge in [0.25, 0.3) is 0 Å². The maximum absolute atomic E-state index is 5.72. The third kappa shape index (κ3) is 5.91. The lowest BCUT2D eigenvalue weighted by molar-refractivity contribution is 0.333. The zero-order chi connectivity index (χ0) is 15.1. The fourth-order valence-corrected chi connectivity index (χ4v) is 3.51. The van der Waals surface area contributed by atoms with Crippen molar-refractivity contribution in [1.82, 2.24) is 14.9 Å². The van der Waals surface area contributed by atoms with Crippen molar-refractivity contribution in [1.29, 1.82) is 0 Å². The summed E-state index contributed by atoms with van der Waals surface area (Å²) in [6.45, 7) is 5.38. The van der Waals surface area contributed by atoms with Crippen LogP contribution in [0.15, 0.2) is 39.8 Å². The highest BCUT2D eigenvalue weighted by atomic mass is 79.9. The summed E-state index contributed by atoms with van der Waals surface area (Å²) in [6, 6.07) is 4.10. The van der Waals surface area contributed by atoms with E-state index >= 15 is 0 Å². The summed E-state index contributed by atoms with van der Waals surface area (Å²) in [4.78, 5) is 4.04. The second-order valence-electron chi connectivity index (χ2n) is 4.64. The SMILES string of the molecule is CCOc1c(Br)cc(Br)cc1CNCCCn1ccnc1.Cl. The van der Waals surface area contributed by atoms with Crippen LogP contribution in [0.2, 0.25) is 0 Å². The van der Waals surface area contributed by atoms with Crippen molar-refractivity contribution < 1.29 is 4.74 Å². The van der Waals surface area contributed by atoms with Crippen LogP contribution in [0.3, 0.4) is 0 Å². The standard InChI is InChI=1S/C15H19Br2N3O.ClH/c1-2-21-15-12(8-13(16)9-14(15)17)10-18-4-3-6-20-7-5-19-11-20;/h5,7-9,11,18H,2-4,6,10H2,1H3;1H. The first kappa shape index (κ1) is 19.5. The maximum Gasteiger partial charge on any atom is 0.138 e. The van der Waals surface area contributed by atoms with E-state index in [2.05, 4.69) is 52.8 Å². The Morgan fingerprint density at radius 1 is 1.32 bits per heavy atom. The largest absolute Gasteiger partial charge is 0.492 e. The van der Waals surface area contributed by atoms with Crippen LogP contribution in [-0.2, 0) is 13.1 Å². The fraction of sp³-hybridized carbons (Fsp3) is 0.400. The van der Waals surface area contributed by atoms with E-state index in [9.17, 15) is 0 Å². The van der Waals surface area contributed by atoms with Crippen molar-refractivity contribution in [3.8, 4) is 5.75 Å². The van der Waals surface area contributed by atoms with Gasteiger partial charge in [0.2, 0.25) is 0 Å². The fourth-order valence-electron chi connectivity index (χ4n) is 2.08. The van der Waals surface area contributed by atoms with E-state index in [1.807, 2.05) is 25.5 Å². The lowest BCUT2D eigenvalue weighted by Crippen LogP contribution is -2.17. The van der Waals surface area contributed by atoms with Gasteiger partial charge in [0.1, 0.15) is 5.75 Å². The molecule has 2 aromatic rings. The second-order valence-corrected chi connectivity index (χ2v) is 6.41. The average Bonchev–Trinajstić information content (AvgIpc) is 2.95. The van der Waals surface area contributed by atoms with Crippen LogP contribution in [0.5, 0.6) is 5.75 Å². The zero-order valence-electron chi connectivity index (χ0n) is 12.4. The van der Waals surface area contributed by atoms with Crippen LogP contribution in [0.1, 0.15) is 18.9 Å². The number of aromatic nitrogens is 2. The van der Waals surface area contributed by atoms with Crippen LogP contribution in [0, 0.1) is 0 Å². The topological polar surface area (TPSA) is 39.1 Å². The third-order valence-electron chi connectivity index (χ3n) is 3.02. The summed E-state index contributed by atoms with van der Waals surface area (Å²) in [5.41, 5.74) is 1.15. The molecule has 0 saturated heterocycles. The summed E-state index contributed by atoms with van der Waals surface area (Å²) in [5, 5.41) is 3.46. The molecule has 7 heteroatoms. The molecule has 0 aliphatic heterocycles. The van der Waals surface area contributed by atoms with Crippen LogP contribution >= 0.6 is 44.3 Å². The minimum absolute atomic E-state index is 0. The van der Waals surface area contributed by atoms with Crippen molar-refractivity contribution in [3.05, 3.63) is 45.4 Å². The van der Waals surface area contributed by atoms with Gasteiger partial charge in [-0.25, -0.2) is 4.98 Å². The molecule has 2 rings (SSSR count). The summed E-state index contributed by atoms with van der Waals surface area (Å²) in [7, 11) is 0. The molecule has 0 fully saturated rings. The number of imidazole rings is 1. The van der Waals surface area contributed by atoms with Crippen LogP contribution in [0.25, 0.3) is 0 Å². The van der Waals surface area contributed by atoms with Gasteiger partial charge < -0.3 is 14.6 Å². The van der Waals surface area contributed by atoms with Crippen LogP contribution in [0.4, 0.5) is 0 Å². The zero-order valence-corrected chi connectivity index (χ0v) is 16.4. The average molecular weight is 454 g/mol. The Hall–Kier alpha value is -0.560. The van der Waals surface area contributed by atoms with E-state index in [-0.39, 0.29) is 12.4 Å². The van der Waals surface area contributed by atoms with Crippen LogP contribution in [-0.4, -0.2) is 22.7 Å². The molecule has 0 saturated carbocycles. The summed E-state index contributed by atoms with van der Waals surface area (Å²) < 4.78 is 9.83. The number of nitrogens with zero attached hydrogens (tertiary/aromatic N) is 2. The number of rotatable bonds is 8. The van der Waals surface area contributed by atoms with Gasteiger partial charge >= 0.3 is 0 Å². The predicted molar refractivity (Wildman–Crippen MR) is 98.8 cm³/mol. The van der Waals surface area contributed by atoms with Gasteiger partial charge in [-0.2, -0.15) is 0 Å². The number of hydrogen-bond donors (Lipinski definition) is 1. The molecule has 0 amide bonds. The van der Waals surface area contributed by atoms with Crippen molar-refractivity contribution in [3.63, 3.8) is 0 Å². The van der Waals surface area contributed by atoms with Gasteiger partial charge in [0.15, 0.2) is 0 Å². The smallest absolute Gasteiger partial charge is 0.138 e. The molecule has 4 nitrogen and oxygen atoms in total. The summed E-state index contributed by atoms with van der Waals surface area (Å²) in [6.07, 6.45) is 6.70. The first-order chi connectivity index (χ1) is 10.2. The van der Waals surface area contributed by atoms with E-state index in [1.165, 1.54) is 0 Å². The normalized spacial score (nSPS) is 10.3. The quantitative estimate of drug-likeness (QED) is 0.602. The van der Waals surface area contributed by atoms with Crippen molar-refractivity contribution in [2.45, 2.75) is 26.4 Å². The van der Waals surface area contributed by atoms with E-state index in [0.717, 1.165) is 46.3 Å². The highest BCUT2D eigenvalue weighted by Crippen LogP contribution is 2.32. The van der Waals surface area contributed by atoms with E-state index in [4.69, 9.17) is 4.74 Å². The number of benzene rings is 1. The Morgan fingerprint density at radius 2 is 2.14 bits per heavy atom. The van der Waals surface area contributed by atoms with Crippen molar-refractivity contribution in [2.75, 3.05) is 13.2 Å². The minimum atomic E-state index is 0. The first-order valence-corrected chi connectivity index (χ1v) is 8.56. The Kier molecular flexibility index (Phi) is 9.09. The Balaban J connectivity index is 0.00000242. The molecule has 122 valence electrons. The van der Waals surface area contributed by atoms with E-state index < -0.39 is 0 Å². The predicted octanol–water partition coefficient (Wildman–Crippen LogP) is 4.41. The Labute approximate surface area is 154 Å². The molecule has 1 aromatic heterocycles. The highest BCUT2D eigenvalue weighted by Gasteiger charge is 2.09. The first-order valence-electron chi connectivity index (χ1n) is 6.98. The molecule has 0 atom stereocenters. The molecule has 0 bridgehead atoms. The third-order valence-corrected chi connectivity index (χ3v) is 4.07. The van der Waals surface area contributed by atoms with Gasteiger partial charge in [-0.1, -0.05) is 15.9 Å². The van der Waals surface area contributed by atoms with Crippen molar-refractivity contribution in [2.24, 2.45) is 0 Å². The number of halogens is 3. The molecule has 22 heavy (non-hydrogen) atoms. The molecule has 0 radical (unpaired) electrons. The number of nitrogens with one attached hydrogen (secondary N) is 1. The second kappa shape index (κ2) is 10.3. The summed E-state index contributed by atoms with van der Waals surface area (Å²) >= 11 is 7.08. The minimum Gasteiger partial charge on any atom is -0.492 e. The molecule has 0 spiro atoms. The van der Waals surface area contributed by atoms with Gasteiger partial charge in [0.05, 0.1) is 17.4 Å². The molecule has 0 aliphatic rings. The van der Waals surface area contributed by atoms with Gasteiger partial charge in [-0.05, 0) is 48.0 Å². The number of aryl methyl sites for hydroxylation is 1. The molecule has 0 unspecified atom stereocenters. The van der Waals surface area contributed by atoms with Crippen LogP contribution < -0.4 is 10.1 Å². The van der Waals surface area contributed by atoms with Gasteiger partial charge in [0, 0.05) is 35.5 Å². The van der Waals surface area contributed by atoms with Gasteiger partial charge in [-0.3, -0.25) is 0 Å². The monoisotopic (exact) mass is 451 g/mol. The Bertz CT molecular complexity index is 564. The summed E-state index contributed by atoms with van der Waals surface area (Å²) in [5.74, 6) is 0.919. The maximum atomic E-state index is 5.72. The lowest BCUT2D eigenvalue weighted by Gasteiger charge is -2.14. The molecular weight excluding hydrogens is 433 g/mol. The molecule has 1 N–H and O–H groups in total. The van der Waals surface area contributed by atoms with Crippen molar-refractivity contribution >= 4 is 44.3 Å². The number of hydrogen-bond acceptors (Lipinski definition) is 3.